The second-order valence-electron chi connectivity index (χ2n) is 7.59. The molecule has 0 aliphatic heterocycles. The quantitative estimate of drug-likeness (QED) is 0.197. The van der Waals surface area contributed by atoms with Gasteiger partial charge in [0, 0.05) is 0 Å². The molecule has 6 nitrogen and oxygen atoms in total. The Morgan fingerprint density at radius 2 is 1.11 bits per heavy atom. The van der Waals surface area contributed by atoms with E-state index >= 15 is 0 Å². The zero-order valence-electron chi connectivity index (χ0n) is 18.5. The number of nitrogens with zero attached hydrogens (tertiary/aromatic N) is 2. The van der Waals surface area contributed by atoms with Crippen LogP contribution in [-0.2, 0) is 6.42 Å². The third-order valence-corrected chi connectivity index (χ3v) is 5.16. The molecule has 0 heterocycles. The minimum Gasteiger partial charge on any atom is -0.423 e. The van der Waals surface area contributed by atoms with Crippen molar-refractivity contribution < 1.29 is 19.1 Å². The molecule has 6 heteroatoms. The molecule has 0 fully saturated rings. The van der Waals surface area contributed by atoms with Crippen molar-refractivity contribution >= 4 is 17.6 Å². The van der Waals surface area contributed by atoms with Crippen LogP contribution in [0.25, 0.3) is 4.85 Å². The lowest BCUT2D eigenvalue weighted by Crippen LogP contribution is -2.08. The van der Waals surface area contributed by atoms with E-state index in [1.54, 1.807) is 72.8 Å². The third kappa shape index (κ3) is 5.98. The molecule has 0 bridgehead atoms. The Balaban J connectivity index is 1.34. The molecule has 4 aromatic carbocycles. The minimum absolute atomic E-state index is 0.372. The maximum absolute atomic E-state index is 12.4. The number of ether oxygens (including phenoxy) is 2. The van der Waals surface area contributed by atoms with Crippen molar-refractivity contribution in [1.29, 1.82) is 5.26 Å². The fourth-order valence-electron chi connectivity index (χ4n) is 3.27. The number of carbonyl (C=O) groups is 2. The van der Waals surface area contributed by atoms with Crippen molar-refractivity contribution in [3.63, 3.8) is 0 Å². The topological polar surface area (TPSA) is 80.8 Å². The summed E-state index contributed by atoms with van der Waals surface area (Å²) in [6.07, 6.45) is 0.623. The number of nitriles is 1. The van der Waals surface area contributed by atoms with E-state index in [0.29, 0.717) is 40.3 Å². The lowest BCUT2D eigenvalue weighted by Gasteiger charge is -2.07. The molecule has 0 radical (unpaired) electrons. The van der Waals surface area contributed by atoms with E-state index in [2.05, 4.69) is 4.85 Å². The highest BCUT2D eigenvalue weighted by molar-refractivity contribution is 5.91. The molecule has 0 atom stereocenters. The number of hydrogen-bond donors (Lipinski definition) is 0. The highest BCUT2D eigenvalue weighted by atomic mass is 16.5. The van der Waals surface area contributed by atoms with Gasteiger partial charge in [-0.1, -0.05) is 36.4 Å². The Hall–Kier alpha value is -5.20. The smallest absolute Gasteiger partial charge is 0.343 e. The van der Waals surface area contributed by atoms with Crippen LogP contribution in [0.1, 0.15) is 37.4 Å². The Morgan fingerprint density at radius 3 is 1.51 bits per heavy atom. The molecule has 0 aliphatic rings. The van der Waals surface area contributed by atoms with Gasteiger partial charge in [-0.3, -0.25) is 0 Å². The fourth-order valence-corrected chi connectivity index (χ4v) is 3.27. The summed E-state index contributed by atoms with van der Waals surface area (Å²) >= 11 is 0. The summed E-state index contributed by atoms with van der Waals surface area (Å²) < 4.78 is 10.7. The Bertz CT molecular complexity index is 1310. The maximum atomic E-state index is 12.4. The monoisotopic (exact) mass is 458 g/mol. The first-order chi connectivity index (χ1) is 17.0. The van der Waals surface area contributed by atoms with Crippen LogP contribution in [0.2, 0.25) is 0 Å². The molecule has 35 heavy (non-hydrogen) atoms. The third-order valence-electron chi connectivity index (χ3n) is 5.16. The Kier molecular flexibility index (Phi) is 6.97. The molecule has 0 amide bonds. The minimum atomic E-state index is -0.479. The number of esters is 2. The lowest BCUT2D eigenvalue weighted by atomic mass is 10.0. The van der Waals surface area contributed by atoms with Crippen molar-refractivity contribution in [3.05, 3.63) is 136 Å². The number of hydrogen-bond acceptors (Lipinski definition) is 5. The van der Waals surface area contributed by atoms with Crippen LogP contribution < -0.4 is 9.47 Å². The summed E-state index contributed by atoms with van der Waals surface area (Å²) in [5.74, 6) is -0.202. The summed E-state index contributed by atoms with van der Waals surface area (Å²) in [6, 6.07) is 28.9. The van der Waals surface area contributed by atoms with E-state index in [4.69, 9.17) is 21.3 Å². The molecule has 0 saturated carbocycles. The van der Waals surface area contributed by atoms with Crippen molar-refractivity contribution in [2.45, 2.75) is 6.42 Å². The van der Waals surface area contributed by atoms with Crippen LogP contribution in [0.4, 0.5) is 5.69 Å². The van der Waals surface area contributed by atoms with Crippen molar-refractivity contribution in [2.75, 3.05) is 0 Å². The zero-order chi connectivity index (χ0) is 24.6. The summed E-state index contributed by atoms with van der Waals surface area (Å²) in [6.45, 7) is 6.96. The van der Waals surface area contributed by atoms with E-state index in [0.717, 1.165) is 11.1 Å². The molecular weight excluding hydrogens is 440 g/mol. The van der Waals surface area contributed by atoms with Crippen molar-refractivity contribution in [1.82, 2.24) is 0 Å². The van der Waals surface area contributed by atoms with E-state index in [1.165, 1.54) is 0 Å². The number of benzene rings is 4. The van der Waals surface area contributed by atoms with Crippen LogP contribution in [0.15, 0.2) is 97.1 Å². The van der Waals surface area contributed by atoms with Crippen LogP contribution in [0.3, 0.4) is 0 Å². The SMILES string of the molecule is [C-]#[N+]c1ccc(OC(=O)c2ccc(Cc3ccc(C(=O)Oc4ccc(C#N)cc4)cc3)cc2)cc1. The number of rotatable bonds is 6. The molecule has 0 unspecified atom stereocenters. The average Bonchev–Trinajstić information content (AvgIpc) is 2.90. The van der Waals surface area contributed by atoms with Gasteiger partial charge in [0.2, 0.25) is 0 Å². The van der Waals surface area contributed by atoms with Crippen molar-refractivity contribution in [3.8, 4) is 17.6 Å². The zero-order valence-corrected chi connectivity index (χ0v) is 18.5. The molecule has 0 aromatic heterocycles. The van der Waals surface area contributed by atoms with E-state index < -0.39 is 11.9 Å². The van der Waals surface area contributed by atoms with E-state index in [-0.39, 0.29) is 0 Å². The second-order valence-corrected chi connectivity index (χ2v) is 7.59. The molecule has 0 N–H and O–H groups in total. The highest BCUT2D eigenvalue weighted by Crippen LogP contribution is 2.20. The first-order valence-electron chi connectivity index (χ1n) is 10.6. The van der Waals surface area contributed by atoms with Crippen LogP contribution in [-0.4, -0.2) is 11.9 Å². The average molecular weight is 458 g/mol. The van der Waals surface area contributed by atoms with Gasteiger partial charge in [0.15, 0.2) is 5.69 Å². The van der Waals surface area contributed by atoms with Crippen molar-refractivity contribution in [2.24, 2.45) is 0 Å². The van der Waals surface area contributed by atoms with Gasteiger partial charge in [-0.2, -0.15) is 5.26 Å². The van der Waals surface area contributed by atoms with Gasteiger partial charge in [-0.15, -0.1) is 0 Å². The van der Waals surface area contributed by atoms with Crippen LogP contribution >= 0.6 is 0 Å². The van der Waals surface area contributed by atoms with Crippen LogP contribution in [0.5, 0.6) is 11.5 Å². The summed E-state index contributed by atoms with van der Waals surface area (Å²) in [7, 11) is 0. The van der Waals surface area contributed by atoms with Crippen LogP contribution in [0, 0.1) is 17.9 Å². The number of carbonyl (C=O) groups excluding carboxylic acids is 2. The molecule has 4 aromatic rings. The molecule has 0 spiro atoms. The van der Waals surface area contributed by atoms with Gasteiger partial charge in [0.25, 0.3) is 0 Å². The summed E-state index contributed by atoms with van der Waals surface area (Å²) in [4.78, 5) is 28.0. The molecular formula is C29H18N2O4. The standard InChI is InChI=1S/C29H18N2O4/c1-31-25-12-16-27(17-13-25)35-29(33)24-10-4-21(5-11-24)18-20-2-8-23(9-3-20)28(32)34-26-14-6-22(19-30)7-15-26/h2-17H,18H2. The molecule has 0 saturated heterocycles. The molecule has 4 rings (SSSR count). The predicted octanol–water partition coefficient (Wildman–Crippen LogP) is 6.14. The highest BCUT2D eigenvalue weighted by Gasteiger charge is 2.11. The second kappa shape index (κ2) is 10.6. The molecule has 0 aliphatic carbocycles. The van der Waals surface area contributed by atoms with Gasteiger partial charge in [0.1, 0.15) is 11.5 Å². The van der Waals surface area contributed by atoms with Gasteiger partial charge < -0.3 is 9.47 Å². The summed E-state index contributed by atoms with van der Waals surface area (Å²) in [5, 5.41) is 8.84. The lowest BCUT2D eigenvalue weighted by molar-refractivity contribution is 0.0725. The van der Waals surface area contributed by atoms with E-state index in [1.807, 2.05) is 30.3 Å². The largest absolute Gasteiger partial charge is 0.423 e. The fraction of sp³-hybridized carbons (Fsp3) is 0.0345. The Labute approximate surface area is 202 Å². The molecule has 168 valence electrons. The van der Waals surface area contributed by atoms with Gasteiger partial charge in [0.05, 0.1) is 29.3 Å². The first kappa shape index (κ1) is 23.0. The normalized spacial score (nSPS) is 10.0. The van der Waals surface area contributed by atoms with Gasteiger partial charge in [-0.25, -0.2) is 14.4 Å². The Morgan fingerprint density at radius 1 is 0.686 bits per heavy atom. The van der Waals surface area contributed by atoms with E-state index in [9.17, 15) is 9.59 Å². The van der Waals surface area contributed by atoms with Gasteiger partial charge >= 0.3 is 11.9 Å². The predicted molar refractivity (Wildman–Crippen MR) is 129 cm³/mol. The first-order valence-corrected chi connectivity index (χ1v) is 10.6. The maximum Gasteiger partial charge on any atom is 0.343 e. The summed E-state index contributed by atoms with van der Waals surface area (Å²) in [5.41, 5.74) is 3.80. The van der Waals surface area contributed by atoms with Gasteiger partial charge in [-0.05, 0) is 78.2 Å².